The van der Waals surface area contributed by atoms with Crippen LogP contribution in [0.4, 0.5) is 0 Å². The molecule has 0 atom stereocenters. The minimum Gasteiger partial charge on any atom is -0.353 e. The molecule has 0 radical (unpaired) electrons. The first-order chi connectivity index (χ1) is 13.2. The zero-order chi connectivity index (χ0) is 18.6. The smallest absolute Gasteiger partial charge is 0.222 e. The number of amides is 1. The number of fused-ring (bicyclic) bond motifs is 1. The lowest BCUT2D eigenvalue weighted by Crippen LogP contribution is -2.38. The molecule has 3 aromatic heterocycles. The Labute approximate surface area is 159 Å². The van der Waals surface area contributed by atoms with Crippen LogP contribution in [0.1, 0.15) is 50.9 Å². The number of hydrogen-bond acceptors (Lipinski definition) is 3. The van der Waals surface area contributed by atoms with E-state index in [0.29, 0.717) is 19.0 Å². The normalized spacial score (nSPS) is 20.0. The number of aryl methyl sites for hydroxylation is 2. The zero-order valence-corrected chi connectivity index (χ0v) is 15.8. The Morgan fingerprint density at radius 2 is 2.00 bits per heavy atom. The summed E-state index contributed by atoms with van der Waals surface area (Å²) in [7, 11) is 0. The molecule has 3 heterocycles. The van der Waals surface area contributed by atoms with Gasteiger partial charge in [0.25, 0.3) is 0 Å². The molecule has 1 fully saturated rings. The van der Waals surface area contributed by atoms with Gasteiger partial charge < -0.3 is 14.5 Å². The fourth-order valence-corrected chi connectivity index (χ4v) is 4.16. The van der Waals surface area contributed by atoms with Gasteiger partial charge in [0.05, 0.1) is 0 Å². The summed E-state index contributed by atoms with van der Waals surface area (Å²) < 4.78 is 4.37. The number of pyridine rings is 1. The first-order valence-corrected chi connectivity index (χ1v) is 9.95. The highest BCUT2D eigenvalue weighted by atomic mass is 16.1. The van der Waals surface area contributed by atoms with Gasteiger partial charge in [-0.1, -0.05) is 6.92 Å². The van der Waals surface area contributed by atoms with Gasteiger partial charge in [0, 0.05) is 61.6 Å². The van der Waals surface area contributed by atoms with Crippen molar-refractivity contribution in [3.8, 4) is 0 Å². The van der Waals surface area contributed by atoms with Crippen molar-refractivity contribution in [1.82, 2.24) is 24.4 Å². The predicted octanol–water partition coefficient (Wildman–Crippen LogP) is 3.49. The molecular formula is C21H27N5O. The monoisotopic (exact) mass is 365 g/mol. The van der Waals surface area contributed by atoms with Crippen molar-refractivity contribution in [2.75, 3.05) is 0 Å². The van der Waals surface area contributed by atoms with Gasteiger partial charge in [0.2, 0.25) is 5.91 Å². The van der Waals surface area contributed by atoms with Gasteiger partial charge in [-0.15, -0.1) is 0 Å². The van der Waals surface area contributed by atoms with Crippen LogP contribution in [-0.2, 0) is 17.8 Å². The third-order valence-electron chi connectivity index (χ3n) is 5.63. The quantitative estimate of drug-likeness (QED) is 0.727. The van der Waals surface area contributed by atoms with Crippen LogP contribution in [0.25, 0.3) is 11.0 Å². The summed E-state index contributed by atoms with van der Waals surface area (Å²) in [4.78, 5) is 21.2. The van der Waals surface area contributed by atoms with Crippen molar-refractivity contribution in [3.05, 3.63) is 48.8 Å². The number of imidazole rings is 1. The van der Waals surface area contributed by atoms with E-state index in [1.165, 1.54) is 5.39 Å². The number of rotatable bonds is 6. The second-order valence-electron chi connectivity index (χ2n) is 7.35. The molecule has 0 unspecified atom stereocenters. The molecule has 4 rings (SSSR count). The van der Waals surface area contributed by atoms with Crippen LogP contribution in [0.5, 0.6) is 0 Å². The van der Waals surface area contributed by atoms with Crippen molar-refractivity contribution >= 4 is 16.9 Å². The van der Waals surface area contributed by atoms with E-state index in [-0.39, 0.29) is 11.9 Å². The van der Waals surface area contributed by atoms with Crippen molar-refractivity contribution in [1.29, 1.82) is 0 Å². The van der Waals surface area contributed by atoms with Crippen LogP contribution in [0.3, 0.4) is 0 Å². The summed E-state index contributed by atoms with van der Waals surface area (Å²) in [6.45, 7) is 2.78. The molecule has 27 heavy (non-hydrogen) atoms. The molecular weight excluding hydrogens is 338 g/mol. The van der Waals surface area contributed by atoms with E-state index in [2.05, 4.69) is 49.7 Å². The predicted molar refractivity (Wildman–Crippen MR) is 105 cm³/mol. The topological polar surface area (TPSA) is 64.7 Å². The fourth-order valence-electron chi connectivity index (χ4n) is 4.16. The summed E-state index contributed by atoms with van der Waals surface area (Å²) in [5.74, 6) is 1.18. The number of aromatic nitrogens is 4. The molecule has 0 bridgehead atoms. The lowest BCUT2D eigenvalue weighted by atomic mass is 9.91. The van der Waals surface area contributed by atoms with Crippen molar-refractivity contribution in [2.45, 2.75) is 64.1 Å². The molecule has 0 saturated heterocycles. The van der Waals surface area contributed by atoms with Crippen LogP contribution in [-0.4, -0.2) is 31.1 Å². The highest BCUT2D eigenvalue weighted by Gasteiger charge is 2.24. The molecule has 1 amide bonds. The van der Waals surface area contributed by atoms with E-state index in [1.54, 1.807) is 6.20 Å². The van der Waals surface area contributed by atoms with Gasteiger partial charge in [-0.2, -0.15) is 0 Å². The summed E-state index contributed by atoms with van der Waals surface area (Å²) in [6.07, 6.45) is 13.4. The third kappa shape index (κ3) is 3.89. The van der Waals surface area contributed by atoms with Gasteiger partial charge in [0.1, 0.15) is 11.5 Å². The average Bonchev–Trinajstić information content (AvgIpc) is 3.33. The molecule has 1 aliphatic rings. The van der Waals surface area contributed by atoms with Gasteiger partial charge in [-0.3, -0.25) is 4.79 Å². The van der Waals surface area contributed by atoms with Gasteiger partial charge in [-0.25, -0.2) is 9.97 Å². The van der Waals surface area contributed by atoms with Crippen molar-refractivity contribution in [3.63, 3.8) is 0 Å². The second kappa shape index (κ2) is 7.94. The summed E-state index contributed by atoms with van der Waals surface area (Å²) in [5.41, 5.74) is 1.07. The Morgan fingerprint density at radius 1 is 1.15 bits per heavy atom. The van der Waals surface area contributed by atoms with E-state index >= 15 is 0 Å². The Kier molecular flexibility index (Phi) is 5.23. The van der Waals surface area contributed by atoms with Crippen LogP contribution in [0, 0.1) is 0 Å². The third-order valence-corrected chi connectivity index (χ3v) is 5.63. The Balaban J connectivity index is 1.27. The summed E-state index contributed by atoms with van der Waals surface area (Å²) >= 11 is 0. The van der Waals surface area contributed by atoms with E-state index in [9.17, 15) is 4.79 Å². The zero-order valence-electron chi connectivity index (χ0n) is 15.8. The maximum Gasteiger partial charge on any atom is 0.222 e. The van der Waals surface area contributed by atoms with Crippen molar-refractivity contribution < 1.29 is 4.79 Å². The van der Waals surface area contributed by atoms with Gasteiger partial charge in [-0.05, 0) is 43.9 Å². The molecule has 1 N–H and O–H groups in total. The van der Waals surface area contributed by atoms with E-state index in [1.807, 2.05) is 18.5 Å². The van der Waals surface area contributed by atoms with Gasteiger partial charge in [0.15, 0.2) is 0 Å². The minimum absolute atomic E-state index is 0.141. The minimum atomic E-state index is 0.141. The number of nitrogens with one attached hydrogen (secondary N) is 1. The second-order valence-corrected chi connectivity index (χ2v) is 7.35. The highest BCUT2D eigenvalue weighted by Crippen LogP contribution is 2.31. The number of carbonyl (C=O) groups excluding carboxylic acids is 1. The maximum absolute atomic E-state index is 12.3. The number of hydrogen-bond donors (Lipinski definition) is 1. The van der Waals surface area contributed by atoms with Crippen molar-refractivity contribution in [2.24, 2.45) is 0 Å². The maximum atomic E-state index is 12.3. The molecule has 1 saturated carbocycles. The standard InChI is InChI=1S/C21H27N5O/c1-2-19-22-12-15-25(19)13-10-20(27)24-17-5-7-18(8-6-17)26-14-9-16-4-3-11-23-21(16)26/h3-4,9,11-12,14-15,17-18H,2,5-8,10,13H2,1H3,(H,24,27). The SMILES string of the molecule is CCc1nccn1CCC(=O)NC1CCC(n2ccc3cccnc32)CC1. The van der Waals surface area contributed by atoms with Crippen LogP contribution < -0.4 is 5.32 Å². The largest absolute Gasteiger partial charge is 0.353 e. The lowest BCUT2D eigenvalue weighted by Gasteiger charge is -2.30. The van der Waals surface area contributed by atoms with E-state index < -0.39 is 0 Å². The lowest BCUT2D eigenvalue weighted by molar-refractivity contribution is -0.122. The fraction of sp³-hybridized carbons (Fsp3) is 0.476. The highest BCUT2D eigenvalue weighted by molar-refractivity contribution is 5.76. The molecule has 6 heteroatoms. The van der Waals surface area contributed by atoms with Crippen LogP contribution >= 0.6 is 0 Å². The molecule has 0 aromatic carbocycles. The first kappa shape index (κ1) is 17.8. The number of carbonyl (C=O) groups is 1. The molecule has 1 aliphatic carbocycles. The van der Waals surface area contributed by atoms with Crippen LogP contribution in [0.15, 0.2) is 43.0 Å². The number of nitrogens with zero attached hydrogens (tertiary/aromatic N) is 4. The Bertz CT molecular complexity index is 904. The summed E-state index contributed by atoms with van der Waals surface area (Å²) in [6, 6.07) is 6.98. The Hall–Kier alpha value is -2.63. The van der Waals surface area contributed by atoms with E-state index in [4.69, 9.17) is 0 Å². The molecule has 3 aromatic rings. The van der Waals surface area contributed by atoms with Crippen LogP contribution in [0.2, 0.25) is 0 Å². The Morgan fingerprint density at radius 3 is 2.81 bits per heavy atom. The average molecular weight is 365 g/mol. The molecule has 0 aliphatic heterocycles. The summed E-state index contributed by atoms with van der Waals surface area (Å²) in [5, 5.41) is 4.42. The first-order valence-electron chi connectivity index (χ1n) is 9.95. The molecule has 6 nitrogen and oxygen atoms in total. The van der Waals surface area contributed by atoms with E-state index in [0.717, 1.165) is 43.6 Å². The van der Waals surface area contributed by atoms with Gasteiger partial charge >= 0.3 is 0 Å². The molecule has 0 spiro atoms. The molecule has 142 valence electrons.